The van der Waals surface area contributed by atoms with Gasteiger partial charge < -0.3 is 9.64 Å². The number of hydrogen-bond acceptors (Lipinski definition) is 4. The van der Waals surface area contributed by atoms with E-state index in [1.54, 1.807) is 25.1 Å². The third-order valence-electron chi connectivity index (χ3n) is 3.61. The van der Waals surface area contributed by atoms with Crippen molar-refractivity contribution < 1.29 is 14.3 Å². The minimum atomic E-state index is -0.479. The fraction of sp³-hybridized carbons (Fsp3) is 0.643. The summed E-state index contributed by atoms with van der Waals surface area (Å²) in [5, 5.41) is 6.86. The van der Waals surface area contributed by atoms with Gasteiger partial charge in [0.25, 0.3) is 0 Å². The molecule has 1 unspecified atom stereocenters. The molecule has 0 bridgehead atoms. The van der Waals surface area contributed by atoms with Gasteiger partial charge in [-0.2, -0.15) is 5.10 Å². The van der Waals surface area contributed by atoms with Crippen molar-refractivity contribution in [1.82, 2.24) is 14.7 Å². The zero-order valence-electron chi connectivity index (χ0n) is 12.8. The molecule has 0 aromatic carbocycles. The number of piperidine rings is 1. The Labute approximate surface area is 124 Å². The number of aryl methyl sites for hydroxylation is 1. The summed E-state index contributed by atoms with van der Waals surface area (Å²) in [7, 11) is 1.70. The number of carbonyl (C=O) groups is 2. The van der Waals surface area contributed by atoms with Crippen molar-refractivity contribution >= 4 is 17.8 Å². The van der Waals surface area contributed by atoms with E-state index in [0.717, 1.165) is 25.8 Å². The number of nitrogens with one attached hydrogen (secondary N) is 1. The normalized spacial score (nSPS) is 18.4. The summed E-state index contributed by atoms with van der Waals surface area (Å²) in [5.74, 6) is -0.230. The monoisotopic (exact) mass is 294 g/mol. The van der Waals surface area contributed by atoms with Crippen molar-refractivity contribution in [2.75, 3.05) is 18.5 Å². The highest BCUT2D eigenvalue weighted by molar-refractivity contribution is 5.99. The average Bonchev–Trinajstić information content (AvgIpc) is 2.80. The van der Waals surface area contributed by atoms with E-state index in [2.05, 4.69) is 10.4 Å². The third-order valence-corrected chi connectivity index (χ3v) is 3.61. The van der Waals surface area contributed by atoms with Gasteiger partial charge in [-0.15, -0.1) is 0 Å². The molecule has 2 amide bonds. The topological polar surface area (TPSA) is 76.5 Å². The predicted molar refractivity (Wildman–Crippen MR) is 78.2 cm³/mol. The van der Waals surface area contributed by atoms with Gasteiger partial charge in [-0.05, 0) is 33.1 Å². The smallest absolute Gasteiger partial charge is 0.343 e. The van der Waals surface area contributed by atoms with Crippen LogP contribution in [0.4, 0.5) is 10.6 Å². The van der Waals surface area contributed by atoms with Gasteiger partial charge in [0, 0.05) is 25.8 Å². The Kier molecular flexibility index (Phi) is 4.82. The van der Waals surface area contributed by atoms with Crippen LogP contribution in [-0.2, 0) is 11.8 Å². The Morgan fingerprint density at radius 1 is 1.48 bits per heavy atom. The van der Waals surface area contributed by atoms with E-state index >= 15 is 0 Å². The third kappa shape index (κ3) is 3.53. The summed E-state index contributed by atoms with van der Waals surface area (Å²) in [6.45, 7) is 4.78. The largest absolute Gasteiger partial charge is 0.462 e. The second-order valence-electron chi connectivity index (χ2n) is 5.25. The van der Waals surface area contributed by atoms with Crippen LogP contribution in [0.5, 0.6) is 0 Å². The Hall–Kier alpha value is -2.05. The van der Waals surface area contributed by atoms with Crippen molar-refractivity contribution in [3.63, 3.8) is 0 Å². The Balaban J connectivity index is 2.11. The van der Waals surface area contributed by atoms with Crippen molar-refractivity contribution in [3.05, 3.63) is 11.8 Å². The van der Waals surface area contributed by atoms with Gasteiger partial charge >= 0.3 is 12.0 Å². The maximum atomic E-state index is 12.3. The number of esters is 1. The molecule has 1 saturated heterocycles. The molecule has 116 valence electrons. The second-order valence-corrected chi connectivity index (χ2v) is 5.25. The lowest BCUT2D eigenvalue weighted by molar-refractivity contribution is 0.0527. The molecule has 0 spiro atoms. The zero-order chi connectivity index (χ0) is 15.4. The molecule has 0 saturated carbocycles. The van der Waals surface area contributed by atoms with Gasteiger partial charge in [0.15, 0.2) is 5.82 Å². The first-order valence-electron chi connectivity index (χ1n) is 7.31. The molecular weight excluding hydrogens is 272 g/mol. The maximum absolute atomic E-state index is 12.3. The molecule has 1 aromatic heterocycles. The molecule has 0 aliphatic carbocycles. The molecule has 21 heavy (non-hydrogen) atoms. The van der Waals surface area contributed by atoms with Crippen molar-refractivity contribution in [1.29, 1.82) is 0 Å². The fourth-order valence-corrected chi connectivity index (χ4v) is 2.51. The predicted octanol–water partition coefficient (Wildman–Crippen LogP) is 2.00. The molecule has 1 aliphatic rings. The number of rotatable bonds is 3. The summed E-state index contributed by atoms with van der Waals surface area (Å²) in [6.07, 6.45) is 4.70. The van der Waals surface area contributed by atoms with E-state index in [1.165, 1.54) is 4.68 Å². The molecule has 2 heterocycles. The first kappa shape index (κ1) is 15.3. The molecule has 1 fully saturated rings. The summed E-state index contributed by atoms with van der Waals surface area (Å²) in [5.41, 5.74) is 0.275. The summed E-state index contributed by atoms with van der Waals surface area (Å²) in [4.78, 5) is 26.0. The minimum Gasteiger partial charge on any atom is -0.462 e. The number of aromatic nitrogens is 2. The highest BCUT2D eigenvalue weighted by Crippen LogP contribution is 2.19. The van der Waals surface area contributed by atoms with Crippen LogP contribution in [0.2, 0.25) is 0 Å². The van der Waals surface area contributed by atoms with Gasteiger partial charge in [-0.3, -0.25) is 10.00 Å². The molecule has 2 rings (SSSR count). The molecule has 7 nitrogen and oxygen atoms in total. The van der Waals surface area contributed by atoms with Crippen LogP contribution in [-0.4, -0.2) is 45.9 Å². The maximum Gasteiger partial charge on any atom is 0.343 e. The lowest BCUT2D eigenvalue weighted by Crippen LogP contribution is -2.44. The highest BCUT2D eigenvalue weighted by atomic mass is 16.5. The van der Waals surface area contributed by atoms with Crippen LogP contribution in [0, 0.1) is 0 Å². The van der Waals surface area contributed by atoms with E-state index in [1.807, 2.05) is 6.92 Å². The quantitative estimate of drug-likeness (QED) is 0.865. The van der Waals surface area contributed by atoms with Crippen LogP contribution in [0.3, 0.4) is 0 Å². The van der Waals surface area contributed by atoms with Crippen molar-refractivity contribution in [3.8, 4) is 0 Å². The number of likely N-dealkylation sites (tertiary alicyclic amines) is 1. The lowest BCUT2D eigenvalue weighted by atomic mass is 10.0. The van der Waals surface area contributed by atoms with Gasteiger partial charge in [-0.1, -0.05) is 0 Å². The van der Waals surface area contributed by atoms with Gasteiger partial charge in [0.2, 0.25) is 0 Å². The first-order chi connectivity index (χ1) is 10.0. The average molecular weight is 294 g/mol. The summed E-state index contributed by atoms with van der Waals surface area (Å²) >= 11 is 0. The highest BCUT2D eigenvalue weighted by Gasteiger charge is 2.26. The van der Waals surface area contributed by atoms with E-state index < -0.39 is 5.97 Å². The number of anilines is 1. The summed E-state index contributed by atoms with van der Waals surface area (Å²) in [6, 6.07) is -0.0139. The lowest BCUT2D eigenvalue weighted by Gasteiger charge is -2.33. The van der Waals surface area contributed by atoms with Crippen LogP contribution < -0.4 is 5.32 Å². The molecule has 1 atom stereocenters. The standard InChI is InChI=1S/C14H22N4O3/c1-4-21-13(19)11-9-17(3)16-12(11)15-14(20)18-8-6-5-7-10(18)2/h9-10H,4-8H2,1-3H3,(H,15,16,20). The number of urea groups is 1. The number of ether oxygens (including phenoxy) is 1. The van der Waals surface area contributed by atoms with Gasteiger partial charge in [0.1, 0.15) is 5.56 Å². The van der Waals surface area contributed by atoms with Crippen molar-refractivity contribution in [2.24, 2.45) is 7.05 Å². The Morgan fingerprint density at radius 3 is 2.90 bits per heavy atom. The van der Waals surface area contributed by atoms with Crippen LogP contribution in [0.25, 0.3) is 0 Å². The molecule has 1 aromatic rings. The van der Waals surface area contributed by atoms with Gasteiger partial charge in [0.05, 0.1) is 6.61 Å². The zero-order valence-corrected chi connectivity index (χ0v) is 12.8. The molecule has 1 N–H and O–H groups in total. The minimum absolute atomic E-state index is 0.202. The van der Waals surface area contributed by atoms with Crippen molar-refractivity contribution in [2.45, 2.75) is 39.2 Å². The number of amides is 2. The Bertz CT molecular complexity index is 526. The van der Waals surface area contributed by atoms with E-state index in [0.29, 0.717) is 0 Å². The number of hydrogen-bond donors (Lipinski definition) is 1. The number of carbonyl (C=O) groups excluding carboxylic acids is 2. The molecule has 7 heteroatoms. The van der Waals surface area contributed by atoms with E-state index in [-0.39, 0.29) is 30.1 Å². The molecule has 1 aliphatic heterocycles. The SMILES string of the molecule is CCOC(=O)c1cn(C)nc1NC(=O)N1CCCCC1C. The number of nitrogens with zero attached hydrogens (tertiary/aromatic N) is 3. The van der Waals surface area contributed by atoms with E-state index in [9.17, 15) is 9.59 Å². The molecular formula is C14H22N4O3. The van der Waals surface area contributed by atoms with Crippen LogP contribution in [0.15, 0.2) is 6.20 Å². The van der Waals surface area contributed by atoms with Crippen LogP contribution >= 0.6 is 0 Å². The van der Waals surface area contributed by atoms with E-state index in [4.69, 9.17) is 4.74 Å². The van der Waals surface area contributed by atoms with Crippen LogP contribution in [0.1, 0.15) is 43.5 Å². The fourth-order valence-electron chi connectivity index (χ4n) is 2.51. The second kappa shape index (κ2) is 6.60. The molecule has 0 radical (unpaired) electrons. The summed E-state index contributed by atoms with van der Waals surface area (Å²) < 4.78 is 6.46. The Morgan fingerprint density at radius 2 is 2.24 bits per heavy atom. The first-order valence-corrected chi connectivity index (χ1v) is 7.31. The van der Waals surface area contributed by atoms with Gasteiger partial charge in [-0.25, -0.2) is 9.59 Å².